The van der Waals surface area contributed by atoms with E-state index < -0.39 is 10.0 Å². The fourth-order valence-corrected chi connectivity index (χ4v) is 2.36. The second kappa shape index (κ2) is 5.53. The van der Waals surface area contributed by atoms with E-state index in [-0.39, 0.29) is 4.90 Å². The number of nitrogens with zero attached hydrogens (tertiary/aromatic N) is 3. The predicted molar refractivity (Wildman–Crippen MR) is 61.4 cm³/mol. The normalized spacial score (nSPS) is 10.8. The van der Waals surface area contributed by atoms with Crippen LogP contribution in [0.3, 0.4) is 0 Å². The monoisotopic (exact) mass is 239 g/mol. The van der Waals surface area contributed by atoms with Crippen molar-refractivity contribution in [1.29, 1.82) is 0 Å². The minimum atomic E-state index is -3.86. The maximum Gasteiger partial charge on any atom is 0.264 e. The smallest absolute Gasteiger partial charge is 0.216 e. The number of unbranched alkanes of at least 4 members (excludes halogenated alkanes) is 1. The Kier molecular flexibility index (Phi) is 4.34. The molecule has 0 spiro atoms. The summed E-state index contributed by atoms with van der Waals surface area (Å²) < 4.78 is 26.0. The number of azide groups is 1. The number of rotatable bonds is 5. The first-order valence-electron chi connectivity index (χ1n) is 5.01. The summed E-state index contributed by atoms with van der Waals surface area (Å²) >= 11 is 0. The molecular weight excluding hydrogens is 226 g/mol. The predicted octanol–water partition coefficient (Wildman–Crippen LogP) is 3.03. The van der Waals surface area contributed by atoms with Crippen LogP contribution in [0.25, 0.3) is 10.4 Å². The highest BCUT2D eigenvalue weighted by atomic mass is 32.2. The number of sulfonamides is 1. The maximum absolute atomic E-state index is 11.6. The van der Waals surface area contributed by atoms with E-state index in [0.717, 1.165) is 12.8 Å². The Hall–Kier alpha value is -1.52. The summed E-state index contributed by atoms with van der Waals surface area (Å²) in [4.78, 5) is 2.45. The van der Waals surface area contributed by atoms with Gasteiger partial charge >= 0.3 is 0 Å². The van der Waals surface area contributed by atoms with Gasteiger partial charge in [0, 0.05) is 9.43 Å². The Balaban J connectivity index is 3.18. The van der Waals surface area contributed by atoms with Crippen LogP contribution in [0.2, 0.25) is 0 Å². The van der Waals surface area contributed by atoms with E-state index in [1.54, 1.807) is 18.2 Å². The third kappa shape index (κ3) is 2.98. The molecule has 0 aliphatic heterocycles. The molecule has 5 nitrogen and oxygen atoms in total. The van der Waals surface area contributed by atoms with Crippen LogP contribution in [0, 0.1) is 0 Å². The minimum Gasteiger partial charge on any atom is -0.216 e. The Bertz CT molecular complexity index is 505. The Morgan fingerprint density at radius 1 is 1.38 bits per heavy atom. The molecule has 16 heavy (non-hydrogen) atoms. The molecule has 0 radical (unpaired) electrons. The highest BCUT2D eigenvalue weighted by Crippen LogP contribution is 2.19. The van der Waals surface area contributed by atoms with E-state index in [1.807, 2.05) is 6.92 Å². The number of benzene rings is 1. The molecule has 1 aromatic carbocycles. The Morgan fingerprint density at radius 3 is 2.69 bits per heavy atom. The van der Waals surface area contributed by atoms with Gasteiger partial charge in [0.2, 0.25) is 0 Å². The summed E-state index contributed by atoms with van der Waals surface area (Å²) in [7, 11) is -3.86. The lowest BCUT2D eigenvalue weighted by Crippen LogP contribution is -2.01. The van der Waals surface area contributed by atoms with Gasteiger partial charge in [0.25, 0.3) is 10.0 Å². The lowest BCUT2D eigenvalue weighted by molar-refractivity contribution is 0.595. The van der Waals surface area contributed by atoms with Crippen molar-refractivity contribution in [3.8, 4) is 0 Å². The first-order valence-corrected chi connectivity index (χ1v) is 6.45. The first-order chi connectivity index (χ1) is 7.61. The molecule has 0 bridgehead atoms. The second-order valence-electron chi connectivity index (χ2n) is 3.36. The van der Waals surface area contributed by atoms with Crippen LogP contribution < -0.4 is 0 Å². The summed E-state index contributed by atoms with van der Waals surface area (Å²) in [5.41, 5.74) is 8.91. The van der Waals surface area contributed by atoms with Gasteiger partial charge in [0.1, 0.15) is 0 Å². The molecule has 6 heteroatoms. The van der Waals surface area contributed by atoms with Crippen LogP contribution in [-0.4, -0.2) is 8.42 Å². The molecule has 0 saturated carbocycles. The molecule has 0 amide bonds. The van der Waals surface area contributed by atoms with Crippen LogP contribution in [0.5, 0.6) is 0 Å². The summed E-state index contributed by atoms with van der Waals surface area (Å²) in [5, 5.41) is 0. The van der Waals surface area contributed by atoms with Crippen molar-refractivity contribution in [2.45, 2.75) is 31.1 Å². The highest BCUT2D eigenvalue weighted by Gasteiger charge is 2.15. The van der Waals surface area contributed by atoms with Gasteiger partial charge in [0.15, 0.2) is 0 Å². The van der Waals surface area contributed by atoms with E-state index in [4.69, 9.17) is 5.53 Å². The molecule has 0 heterocycles. The van der Waals surface area contributed by atoms with Crippen molar-refractivity contribution in [1.82, 2.24) is 0 Å². The molecule has 0 saturated heterocycles. The van der Waals surface area contributed by atoms with Gasteiger partial charge in [-0.15, -0.1) is 0 Å². The van der Waals surface area contributed by atoms with Crippen LogP contribution in [0.15, 0.2) is 33.7 Å². The van der Waals surface area contributed by atoms with Crippen LogP contribution in [0.1, 0.15) is 25.3 Å². The molecule has 0 N–H and O–H groups in total. The standard InChI is InChI=1S/C10H13N3O2S/c1-2-3-6-9-7-4-5-8-10(9)16(14,15)13-12-11/h4-5,7-8H,2-3,6H2,1H3. The van der Waals surface area contributed by atoms with E-state index in [1.165, 1.54) is 6.07 Å². The SMILES string of the molecule is CCCCc1ccccc1S(=O)(=O)N=[N+]=[N-]. The first kappa shape index (κ1) is 12.5. The fraction of sp³-hybridized carbons (Fsp3) is 0.400. The van der Waals surface area contributed by atoms with E-state index in [0.29, 0.717) is 12.0 Å². The lowest BCUT2D eigenvalue weighted by atomic mass is 10.1. The van der Waals surface area contributed by atoms with E-state index in [9.17, 15) is 8.42 Å². The van der Waals surface area contributed by atoms with Crippen molar-refractivity contribution in [3.05, 3.63) is 40.3 Å². The Morgan fingerprint density at radius 2 is 2.06 bits per heavy atom. The third-order valence-corrected chi connectivity index (χ3v) is 3.44. The van der Waals surface area contributed by atoms with Crippen molar-refractivity contribution in [2.75, 3.05) is 0 Å². The molecule has 1 aromatic rings. The minimum absolute atomic E-state index is 0.112. The van der Waals surface area contributed by atoms with Crippen LogP contribution >= 0.6 is 0 Å². The zero-order valence-electron chi connectivity index (χ0n) is 9.00. The number of hydrogen-bond acceptors (Lipinski definition) is 2. The molecule has 0 aliphatic carbocycles. The number of aryl methyl sites for hydroxylation is 1. The average molecular weight is 239 g/mol. The molecule has 0 atom stereocenters. The largest absolute Gasteiger partial charge is 0.264 e. The topological polar surface area (TPSA) is 82.9 Å². The zero-order chi connectivity index (χ0) is 12.0. The van der Waals surface area contributed by atoms with E-state index >= 15 is 0 Å². The molecule has 0 aromatic heterocycles. The second-order valence-corrected chi connectivity index (χ2v) is 4.91. The molecule has 86 valence electrons. The number of hydrogen-bond donors (Lipinski definition) is 0. The maximum atomic E-state index is 11.6. The third-order valence-electron chi connectivity index (χ3n) is 2.19. The average Bonchev–Trinajstić information content (AvgIpc) is 2.26. The fourth-order valence-electron chi connectivity index (χ4n) is 1.42. The molecular formula is C10H13N3O2S. The van der Waals surface area contributed by atoms with E-state index in [2.05, 4.69) is 9.43 Å². The molecule has 0 fully saturated rings. The van der Waals surface area contributed by atoms with Gasteiger partial charge < -0.3 is 0 Å². The van der Waals surface area contributed by atoms with Gasteiger partial charge in [-0.3, -0.25) is 0 Å². The summed E-state index contributed by atoms with van der Waals surface area (Å²) in [5.74, 6) is 0. The lowest BCUT2D eigenvalue weighted by Gasteiger charge is -2.05. The zero-order valence-corrected chi connectivity index (χ0v) is 9.81. The van der Waals surface area contributed by atoms with Gasteiger partial charge in [0.05, 0.1) is 4.90 Å². The summed E-state index contributed by atoms with van der Waals surface area (Å²) in [6, 6.07) is 6.61. The van der Waals surface area contributed by atoms with Crippen molar-refractivity contribution < 1.29 is 8.42 Å². The summed E-state index contributed by atoms with van der Waals surface area (Å²) in [6.07, 6.45) is 2.56. The van der Waals surface area contributed by atoms with Crippen LogP contribution in [0.4, 0.5) is 0 Å². The quantitative estimate of drug-likeness (QED) is 0.449. The van der Waals surface area contributed by atoms with Crippen molar-refractivity contribution in [2.24, 2.45) is 4.52 Å². The highest BCUT2D eigenvalue weighted by molar-refractivity contribution is 7.90. The molecule has 0 unspecified atom stereocenters. The summed E-state index contributed by atoms with van der Waals surface area (Å²) in [6.45, 7) is 2.03. The molecule has 1 rings (SSSR count). The van der Waals surface area contributed by atoms with Crippen molar-refractivity contribution in [3.63, 3.8) is 0 Å². The molecule has 0 aliphatic rings. The van der Waals surface area contributed by atoms with Crippen LogP contribution in [-0.2, 0) is 16.4 Å². The Labute approximate surface area is 94.8 Å². The van der Waals surface area contributed by atoms with Gasteiger partial charge in [-0.2, -0.15) is 0 Å². The van der Waals surface area contributed by atoms with Gasteiger partial charge in [-0.05, 0) is 30.0 Å². The van der Waals surface area contributed by atoms with Gasteiger partial charge in [-0.1, -0.05) is 31.5 Å². The van der Waals surface area contributed by atoms with Crippen molar-refractivity contribution >= 4 is 10.0 Å². The van der Waals surface area contributed by atoms with Gasteiger partial charge in [-0.25, -0.2) is 8.42 Å².